The standard InChI is InChI=1S/C12H19N3O2/c1-8-5-6-14-9(11(8)15(16)17)7-10(13)12(2,3)4/h5-6,10H,7,13H2,1-4H3. The third kappa shape index (κ3) is 3.23. The molecule has 0 amide bonds. The van der Waals surface area contributed by atoms with E-state index in [1.165, 1.54) is 0 Å². The summed E-state index contributed by atoms with van der Waals surface area (Å²) in [6, 6.07) is 1.49. The van der Waals surface area contributed by atoms with E-state index < -0.39 is 0 Å². The van der Waals surface area contributed by atoms with Gasteiger partial charge in [-0.05, 0) is 18.4 Å². The highest BCUT2D eigenvalue weighted by atomic mass is 16.6. The molecule has 0 fully saturated rings. The molecule has 0 spiro atoms. The quantitative estimate of drug-likeness (QED) is 0.645. The summed E-state index contributed by atoms with van der Waals surface area (Å²) in [6.45, 7) is 7.75. The Morgan fingerprint density at radius 1 is 1.53 bits per heavy atom. The van der Waals surface area contributed by atoms with Crippen molar-refractivity contribution >= 4 is 5.69 Å². The second-order valence-corrected chi connectivity index (χ2v) is 5.36. The molecule has 1 aromatic heterocycles. The molecule has 0 aliphatic rings. The predicted molar refractivity (Wildman–Crippen MR) is 66.8 cm³/mol. The number of rotatable bonds is 3. The van der Waals surface area contributed by atoms with E-state index in [1.54, 1.807) is 19.2 Å². The summed E-state index contributed by atoms with van der Waals surface area (Å²) in [5, 5.41) is 11.0. The zero-order valence-corrected chi connectivity index (χ0v) is 10.7. The first-order chi connectivity index (χ1) is 7.73. The minimum absolute atomic E-state index is 0.0900. The molecular weight excluding hydrogens is 218 g/mol. The van der Waals surface area contributed by atoms with Gasteiger partial charge in [0.25, 0.3) is 5.69 Å². The minimum Gasteiger partial charge on any atom is -0.327 e. The summed E-state index contributed by atoms with van der Waals surface area (Å²) >= 11 is 0. The normalized spacial score (nSPS) is 13.5. The van der Waals surface area contributed by atoms with Crippen LogP contribution < -0.4 is 5.73 Å². The van der Waals surface area contributed by atoms with Gasteiger partial charge >= 0.3 is 0 Å². The Labute approximate surface area is 101 Å². The zero-order chi connectivity index (χ0) is 13.2. The molecule has 0 aromatic carbocycles. The van der Waals surface area contributed by atoms with Crippen molar-refractivity contribution in [2.75, 3.05) is 0 Å². The van der Waals surface area contributed by atoms with Gasteiger partial charge in [-0.25, -0.2) is 0 Å². The Morgan fingerprint density at radius 2 is 2.12 bits per heavy atom. The Kier molecular flexibility index (Phi) is 3.83. The van der Waals surface area contributed by atoms with Crippen molar-refractivity contribution in [1.29, 1.82) is 0 Å². The molecule has 0 aliphatic carbocycles. The van der Waals surface area contributed by atoms with Crippen LogP contribution >= 0.6 is 0 Å². The maximum Gasteiger partial charge on any atom is 0.293 e. The second kappa shape index (κ2) is 4.79. The number of hydrogen-bond acceptors (Lipinski definition) is 4. The van der Waals surface area contributed by atoms with Crippen LogP contribution in [0.4, 0.5) is 5.69 Å². The van der Waals surface area contributed by atoms with E-state index >= 15 is 0 Å². The molecule has 1 heterocycles. The molecule has 0 saturated heterocycles. The zero-order valence-electron chi connectivity index (χ0n) is 10.7. The van der Waals surface area contributed by atoms with E-state index in [0.717, 1.165) is 0 Å². The highest BCUT2D eigenvalue weighted by Crippen LogP contribution is 2.26. The molecule has 17 heavy (non-hydrogen) atoms. The highest BCUT2D eigenvalue weighted by molar-refractivity contribution is 5.43. The lowest BCUT2D eigenvalue weighted by molar-refractivity contribution is -0.386. The molecule has 1 rings (SSSR count). The van der Waals surface area contributed by atoms with Gasteiger partial charge in [-0.15, -0.1) is 0 Å². The van der Waals surface area contributed by atoms with Crippen LogP contribution in [0.5, 0.6) is 0 Å². The van der Waals surface area contributed by atoms with E-state index in [4.69, 9.17) is 5.73 Å². The minimum atomic E-state index is -0.382. The Balaban J connectivity index is 3.07. The van der Waals surface area contributed by atoms with Gasteiger partial charge < -0.3 is 5.73 Å². The van der Waals surface area contributed by atoms with Gasteiger partial charge in [-0.1, -0.05) is 20.8 Å². The van der Waals surface area contributed by atoms with Gasteiger partial charge in [0.05, 0.1) is 4.92 Å². The van der Waals surface area contributed by atoms with Gasteiger partial charge in [0.15, 0.2) is 0 Å². The van der Waals surface area contributed by atoms with Crippen LogP contribution in [0.15, 0.2) is 12.3 Å². The monoisotopic (exact) mass is 237 g/mol. The largest absolute Gasteiger partial charge is 0.327 e. The van der Waals surface area contributed by atoms with Gasteiger partial charge in [-0.3, -0.25) is 15.1 Å². The summed E-state index contributed by atoms with van der Waals surface area (Å²) in [6.07, 6.45) is 2.01. The molecule has 2 N–H and O–H groups in total. The Bertz CT molecular complexity index is 424. The van der Waals surface area contributed by atoms with Gasteiger partial charge in [0.2, 0.25) is 0 Å². The van der Waals surface area contributed by atoms with Crippen LogP contribution in [0.1, 0.15) is 32.0 Å². The van der Waals surface area contributed by atoms with Gasteiger partial charge in [0.1, 0.15) is 5.69 Å². The van der Waals surface area contributed by atoms with Crippen LogP contribution in [0.25, 0.3) is 0 Å². The number of nitrogens with two attached hydrogens (primary N) is 1. The topological polar surface area (TPSA) is 82.0 Å². The fourth-order valence-corrected chi connectivity index (χ4v) is 1.52. The first-order valence-corrected chi connectivity index (χ1v) is 5.58. The van der Waals surface area contributed by atoms with Crippen LogP contribution in [0.3, 0.4) is 0 Å². The number of pyridine rings is 1. The number of aryl methyl sites for hydroxylation is 1. The van der Waals surface area contributed by atoms with E-state index in [0.29, 0.717) is 17.7 Å². The number of nitrogens with zero attached hydrogens (tertiary/aromatic N) is 2. The van der Waals surface area contributed by atoms with Crippen molar-refractivity contribution in [2.24, 2.45) is 11.1 Å². The van der Waals surface area contributed by atoms with Gasteiger partial charge in [-0.2, -0.15) is 0 Å². The third-order valence-electron chi connectivity index (χ3n) is 2.91. The van der Waals surface area contributed by atoms with E-state index in [-0.39, 0.29) is 22.1 Å². The Hall–Kier alpha value is -1.49. The fourth-order valence-electron chi connectivity index (χ4n) is 1.52. The molecule has 1 atom stereocenters. The summed E-state index contributed by atoms with van der Waals surface area (Å²) in [4.78, 5) is 14.7. The molecule has 1 aromatic rings. The molecule has 1 unspecified atom stereocenters. The lowest BCUT2D eigenvalue weighted by Crippen LogP contribution is -2.37. The molecular formula is C12H19N3O2. The fraction of sp³-hybridized carbons (Fsp3) is 0.583. The predicted octanol–water partition coefficient (Wildman–Crippen LogP) is 2.21. The molecule has 0 aliphatic heterocycles. The van der Waals surface area contributed by atoms with Crippen molar-refractivity contribution in [3.63, 3.8) is 0 Å². The first kappa shape index (κ1) is 13.6. The average molecular weight is 237 g/mol. The number of hydrogen-bond donors (Lipinski definition) is 1. The van der Waals surface area contributed by atoms with Crippen molar-refractivity contribution in [2.45, 2.75) is 40.2 Å². The van der Waals surface area contributed by atoms with Crippen LogP contribution in [-0.4, -0.2) is 15.9 Å². The lowest BCUT2D eigenvalue weighted by atomic mass is 9.84. The van der Waals surface area contributed by atoms with E-state index in [2.05, 4.69) is 4.98 Å². The smallest absolute Gasteiger partial charge is 0.293 e. The lowest BCUT2D eigenvalue weighted by Gasteiger charge is -2.26. The number of nitro groups is 1. The summed E-state index contributed by atoms with van der Waals surface area (Å²) in [5.74, 6) is 0. The van der Waals surface area contributed by atoms with Crippen LogP contribution in [0, 0.1) is 22.5 Å². The average Bonchev–Trinajstić information content (AvgIpc) is 2.15. The van der Waals surface area contributed by atoms with Crippen LogP contribution in [-0.2, 0) is 6.42 Å². The summed E-state index contributed by atoms with van der Waals surface area (Å²) in [5.41, 5.74) is 7.13. The van der Waals surface area contributed by atoms with Crippen molar-refractivity contribution in [1.82, 2.24) is 4.98 Å². The summed E-state index contributed by atoms with van der Waals surface area (Å²) < 4.78 is 0. The highest BCUT2D eigenvalue weighted by Gasteiger charge is 2.26. The molecule has 94 valence electrons. The Morgan fingerprint density at radius 3 is 2.59 bits per heavy atom. The summed E-state index contributed by atoms with van der Waals surface area (Å²) in [7, 11) is 0. The van der Waals surface area contributed by atoms with Crippen LogP contribution in [0.2, 0.25) is 0 Å². The van der Waals surface area contributed by atoms with Crippen molar-refractivity contribution in [3.8, 4) is 0 Å². The molecule has 0 bridgehead atoms. The first-order valence-electron chi connectivity index (χ1n) is 5.58. The third-order valence-corrected chi connectivity index (χ3v) is 2.91. The molecule has 0 radical (unpaired) electrons. The molecule has 0 saturated carbocycles. The maximum atomic E-state index is 11.0. The van der Waals surface area contributed by atoms with Crippen molar-refractivity contribution in [3.05, 3.63) is 33.6 Å². The molecule has 5 heteroatoms. The second-order valence-electron chi connectivity index (χ2n) is 5.36. The maximum absolute atomic E-state index is 11.0. The SMILES string of the molecule is Cc1ccnc(CC(N)C(C)(C)C)c1[N+](=O)[O-]. The number of aromatic nitrogens is 1. The molecule has 5 nitrogen and oxygen atoms in total. The van der Waals surface area contributed by atoms with Crippen molar-refractivity contribution < 1.29 is 4.92 Å². The van der Waals surface area contributed by atoms with Gasteiger partial charge in [0, 0.05) is 24.2 Å². The van der Waals surface area contributed by atoms with E-state index in [9.17, 15) is 10.1 Å². The van der Waals surface area contributed by atoms with E-state index in [1.807, 2.05) is 20.8 Å².